The normalized spacial score (nSPS) is 1.80. The Morgan fingerprint density at radius 1 is 1.60 bits per heavy atom. The van der Waals surface area contributed by atoms with Gasteiger partial charge in [0.15, 0.2) is 0 Å². The van der Waals surface area contributed by atoms with Crippen molar-refractivity contribution >= 4 is 0 Å². The van der Waals surface area contributed by atoms with Crippen LogP contribution in [0.4, 0.5) is 0 Å². The fraction of sp³-hybridized carbons (Fsp3) is 0. The van der Waals surface area contributed by atoms with Gasteiger partial charge >= 0.3 is 0 Å². The SMILES string of the molecule is C#N.N#CO. The van der Waals surface area contributed by atoms with E-state index in [1.807, 2.05) is 0 Å². The lowest BCUT2D eigenvalue weighted by molar-refractivity contribution is 0.503. The van der Waals surface area contributed by atoms with Gasteiger partial charge in [-0.25, -0.2) is 5.26 Å². The van der Waals surface area contributed by atoms with E-state index < -0.39 is 0 Å². The lowest BCUT2D eigenvalue weighted by atomic mass is 11.6. The minimum Gasteiger partial charge on any atom is -0.443 e. The van der Waals surface area contributed by atoms with E-state index in [-0.39, 0.29) is 0 Å². The van der Waals surface area contributed by atoms with Gasteiger partial charge in [0.2, 0.25) is 0 Å². The standard InChI is InChI=1S/CHNO.CHN/c2-1-3;1-2/h3H;1H. The molecule has 0 aromatic carbocycles. The third kappa shape index (κ3) is 1.14. The highest BCUT2D eigenvalue weighted by Crippen LogP contribution is 1.06. The van der Waals surface area contributed by atoms with Crippen molar-refractivity contribution in [3.05, 3.63) is 0 Å². The first-order chi connectivity index (χ1) is 2.41. The number of nitrogens with zero attached hydrogens (tertiary/aromatic N) is 2. The van der Waals surface area contributed by atoms with E-state index in [9.17, 15) is 0 Å². The van der Waals surface area contributed by atoms with Gasteiger partial charge in [-0.3, -0.25) is 0 Å². The van der Waals surface area contributed by atoms with Gasteiger partial charge < -0.3 is 5.11 Å². The molecule has 0 saturated heterocycles. The topological polar surface area (TPSA) is 67.8 Å². The second-order valence-corrected chi connectivity index (χ2v) is 0.100. The highest BCUT2D eigenvalue weighted by molar-refractivity contribution is 4.30. The van der Waals surface area contributed by atoms with E-state index in [0.717, 1.165) is 6.26 Å². The lowest BCUT2D eigenvalue weighted by Crippen LogP contribution is -1.27. The predicted molar refractivity (Wildman–Crippen MR) is 14.2 cm³/mol. The molecule has 0 rings (SSSR count). The Balaban J connectivity index is 0. The molecule has 0 saturated carbocycles. The molecule has 0 aliphatic rings. The largest absolute Gasteiger partial charge is 0.443 e. The van der Waals surface area contributed by atoms with Gasteiger partial charge in [-0.05, 0) is 0 Å². The van der Waals surface area contributed by atoms with E-state index in [2.05, 4.69) is 6.57 Å². The average Bonchev–Trinajstić information content (AvgIpc) is 1.46. The van der Waals surface area contributed by atoms with Crippen LogP contribution in [0, 0.1) is 23.4 Å². The minimum atomic E-state index is 0.750. The number of nitriles is 2. The number of aliphatic hydroxyl groups is 1. The molecule has 0 aliphatic carbocycles. The smallest absolute Gasteiger partial charge is 0.283 e. The van der Waals surface area contributed by atoms with E-state index in [1.54, 1.807) is 0 Å². The third-order valence-corrected chi connectivity index (χ3v) is 0. The Bertz CT molecular complexity index is 50.4. The van der Waals surface area contributed by atoms with Crippen LogP contribution < -0.4 is 0 Å². The third-order valence-electron chi connectivity index (χ3n) is 0. The zero-order valence-electron chi connectivity index (χ0n) is 2.42. The summed E-state index contributed by atoms with van der Waals surface area (Å²) >= 11 is 0. The van der Waals surface area contributed by atoms with E-state index >= 15 is 0 Å². The predicted octanol–water partition coefficient (Wildman–Crippen LogP) is -0.0202. The number of aliphatic hydroxyl groups excluding tert-OH is 1. The maximum Gasteiger partial charge on any atom is 0.283 e. The van der Waals surface area contributed by atoms with Gasteiger partial charge in [0.05, 0.1) is 0 Å². The molecule has 0 bridgehead atoms. The summed E-state index contributed by atoms with van der Waals surface area (Å²) < 4.78 is 0. The monoisotopic (exact) mass is 70.0 g/mol. The first-order valence-corrected chi connectivity index (χ1v) is 0.705. The van der Waals surface area contributed by atoms with Crippen molar-refractivity contribution in [1.82, 2.24) is 0 Å². The first kappa shape index (κ1) is 9.22. The molecule has 0 heterocycles. The van der Waals surface area contributed by atoms with Crippen LogP contribution in [0.5, 0.6) is 0 Å². The number of rotatable bonds is 0. The Labute approximate surface area is 29.7 Å². The van der Waals surface area contributed by atoms with Gasteiger partial charge in [0.1, 0.15) is 0 Å². The van der Waals surface area contributed by atoms with Crippen LogP contribution in [-0.4, -0.2) is 5.11 Å². The fourth-order valence-corrected chi connectivity index (χ4v) is 0. The summed E-state index contributed by atoms with van der Waals surface area (Å²) in [5.74, 6) is 0. The highest BCUT2D eigenvalue weighted by Gasteiger charge is 1.16. The van der Waals surface area contributed by atoms with Crippen LogP contribution in [0.25, 0.3) is 0 Å². The van der Waals surface area contributed by atoms with Crippen LogP contribution >= 0.6 is 0 Å². The van der Waals surface area contributed by atoms with E-state index in [0.29, 0.717) is 0 Å². The van der Waals surface area contributed by atoms with Crippen LogP contribution in [0.15, 0.2) is 0 Å². The summed E-state index contributed by atoms with van der Waals surface area (Å²) in [6.45, 7) is 3.50. The first-order valence-electron chi connectivity index (χ1n) is 0.705. The number of hydrogen-bond acceptors (Lipinski definition) is 3. The molecule has 3 nitrogen and oxygen atoms in total. The summed E-state index contributed by atoms with van der Waals surface area (Å²) in [5.41, 5.74) is 0. The van der Waals surface area contributed by atoms with Crippen LogP contribution in [-0.2, 0) is 0 Å². The van der Waals surface area contributed by atoms with E-state index in [1.165, 1.54) is 0 Å². The van der Waals surface area contributed by atoms with Gasteiger partial charge in [-0.15, -0.1) is 0 Å². The summed E-state index contributed by atoms with van der Waals surface area (Å²) in [7, 11) is 0. The Morgan fingerprint density at radius 3 is 1.60 bits per heavy atom. The van der Waals surface area contributed by atoms with Crippen LogP contribution in [0.1, 0.15) is 0 Å². The molecule has 0 amide bonds. The summed E-state index contributed by atoms with van der Waals surface area (Å²) in [5, 5.41) is 20.2. The fourth-order valence-electron chi connectivity index (χ4n) is 0. The summed E-state index contributed by atoms with van der Waals surface area (Å²) in [4.78, 5) is 0. The maximum absolute atomic E-state index is 6.88. The summed E-state index contributed by atoms with van der Waals surface area (Å²) in [6, 6.07) is 0. The average molecular weight is 70.1 g/mol. The molecule has 0 aromatic heterocycles. The van der Waals surface area contributed by atoms with Crippen molar-refractivity contribution in [2.45, 2.75) is 0 Å². The minimum absolute atomic E-state index is 0.750. The molecule has 26 valence electrons. The Morgan fingerprint density at radius 2 is 1.60 bits per heavy atom. The molecule has 0 unspecified atom stereocenters. The zero-order valence-corrected chi connectivity index (χ0v) is 2.42. The molecule has 0 aromatic rings. The maximum atomic E-state index is 6.88. The van der Waals surface area contributed by atoms with Gasteiger partial charge in [-0.2, -0.15) is 5.26 Å². The van der Waals surface area contributed by atoms with Crippen molar-refractivity contribution in [2.75, 3.05) is 0 Å². The molecule has 0 atom stereocenters. The Hall–Kier alpha value is -1.22. The second-order valence-electron chi connectivity index (χ2n) is 0.100. The van der Waals surface area contributed by atoms with Gasteiger partial charge in [0.25, 0.3) is 6.26 Å². The van der Waals surface area contributed by atoms with Crippen molar-refractivity contribution in [3.63, 3.8) is 0 Å². The quantitative estimate of drug-likeness (QED) is 0.407. The van der Waals surface area contributed by atoms with Crippen molar-refractivity contribution in [3.8, 4) is 12.8 Å². The van der Waals surface area contributed by atoms with Crippen LogP contribution in [0.3, 0.4) is 0 Å². The van der Waals surface area contributed by atoms with Gasteiger partial charge in [-0.1, -0.05) is 0 Å². The van der Waals surface area contributed by atoms with Crippen molar-refractivity contribution in [2.24, 2.45) is 0 Å². The molecule has 0 aliphatic heterocycles. The Kier molecular flexibility index (Phi) is 336. The molecule has 0 radical (unpaired) electrons. The number of hydrogen-bond donors (Lipinski definition) is 1. The molecule has 3 heteroatoms. The molecular formula is C2H2N2O. The molecular weight excluding hydrogens is 68.0 g/mol. The zero-order chi connectivity index (χ0) is 4.71. The van der Waals surface area contributed by atoms with Crippen molar-refractivity contribution in [1.29, 1.82) is 10.5 Å². The molecule has 5 heavy (non-hydrogen) atoms. The van der Waals surface area contributed by atoms with Crippen LogP contribution in [0.2, 0.25) is 0 Å². The highest BCUT2D eigenvalue weighted by atomic mass is 16.2. The lowest BCUT2D eigenvalue weighted by Gasteiger charge is -1.25. The molecule has 1 N–H and O–H groups in total. The summed E-state index contributed by atoms with van der Waals surface area (Å²) in [6.07, 6.45) is 0.750. The van der Waals surface area contributed by atoms with E-state index in [4.69, 9.17) is 15.6 Å². The second kappa shape index (κ2) is 182. The molecule has 0 fully saturated rings. The van der Waals surface area contributed by atoms with Gasteiger partial charge in [0, 0.05) is 6.57 Å². The molecule has 0 spiro atoms. The van der Waals surface area contributed by atoms with Crippen molar-refractivity contribution < 1.29 is 5.11 Å².